The van der Waals surface area contributed by atoms with E-state index in [0.717, 1.165) is 0 Å². The van der Waals surface area contributed by atoms with Crippen molar-refractivity contribution in [1.29, 1.82) is 0 Å². The van der Waals surface area contributed by atoms with Crippen molar-refractivity contribution >= 4 is 17.2 Å². The van der Waals surface area contributed by atoms with Gasteiger partial charge in [0.15, 0.2) is 5.60 Å². The predicted molar refractivity (Wildman–Crippen MR) is 77.1 cm³/mol. The van der Waals surface area contributed by atoms with E-state index >= 15 is 0 Å². The second kappa shape index (κ2) is 5.59. The van der Waals surface area contributed by atoms with Crippen LogP contribution in [0.5, 0.6) is 0 Å². The van der Waals surface area contributed by atoms with Crippen LogP contribution in [0, 0.1) is 0 Å². The van der Waals surface area contributed by atoms with E-state index in [1.807, 2.05) is 5.38 Å². The Hall–Kier alpha value is -2.31. The number of thiophene rings is 1. The van der Waals surface area contributed by atoms with Crippen molar-refractivity contribution in [2.45, 2.75) is 5.60 Å². The summed E-state index contributed by atoms with van der Waals surface area (Å²) in [5.74, 6) is 0.0965. The third-order valence-corrected chi connectivity index (χ3v) is 3.90. The molecule has 1 unspecified atom stereocenters. The Morgan fingerprint density at radius 2 is 2.24 bits per heavy atom. The summed E-state index contributed by atoms with van der Waals surface area (Å²) in [5.41, 5.74) is -0.389. The van der Waals surface area contributed by atoms with Crippen molar-refractivity contribution in [2.24, 2.45) is 0 Å². The summed E-state index contributed by atoms with van der Waals surface area (Å²) in [6, 6.07) is 6.70. The SMILES string of the molecule is O=C(NCC(O)(c1ccoc1)c1ccco1)c1ccsc1. The number of carbonyl (C=O) groups is 1. The van der Waals surface area contributed by atoms with Gasteiger partial charge in [-0.15, -0.1) is 0 Å². The van der Waals surface area contributed by atoms with E-state index in [4.69, 9.17) is 8.83 Å². The molecule has 0 spiro atoms. The van der Waals surface area contributed by atoms with Crippen LogP contribution in [0.25, 0.3) is 0 Å². The van der Waals surface area contributed by atoms with E-state index in [0.29, 0.717) is 16.9 Å². The lowest BCUT2D eigenvalue weighted by Gasteiger charge is -2.25. The molecule has 3 aromatic rings. The van der Waals surface area contributed by atoms with Crippen LogP contribution in [-0.2, 0) is 5.60 Å². The Balaban J connectivity index is 1.83. The molecule has 5 nitrogen and oxygen atoms in total. The van der Waals surface area contributed by atoms with Crippen molar-refractivity contribution in [1.82, 2.24) is 5.32 Å². The number of nitrogens with one attached hydrogen (secondary N) is 1. The first-order valence-corrected chi connectivity index (χ1v) is 7.24. The molecular weight excluding hydrogens is 290 g/mol. The molecule has 2 N–H and O–H groups in total. The van der Waals surface area contributed by atoms with Gasteiger partial charge in [-0.3, -0.25) is 4.79 Å². The third-order valence-electron chi connectivity index (χ3n) is 3.22. The Morgan fingerprint density at radius 3 is 2.86 bits per heavy atom. The summed E-state index contributed by atoms with van der Waals surface area (Å²) in [7, 11) is 0. The molecular formula is C15H13NO4S. The lowest BCUT2D eigenvalue weighted by atomic mass is 9.93. The fourth-order valence-corrected chi connectivity index (χ4v) is 2.69. The molecule has 0 saturated carbocycles. The van der Waals surface area contributed by atoms with Gasteiger partial charge in [0.1, 0.15) is 5.76 Å². The highest BCUT2D eigenvalue weighted by Crippen LogP contribution is 2.29. The van der Waals surface area contributed by atoms with Crippen LogP contribution in [0.4, 0.5) is 0 Å². The van der Waals surface area contributed by atoms with Crippen LogP contribution in [0.1, 0.15) is 21.7 Å². The van der Waals surface area contributed by atoms with E-state index in [-0.39, 0.29) is 12.5 Å². The molecule has 6 heteroatoms. The summed E-state index contributed by atoms with van der Waals surface area (Å²) in [5, 5.41) is 17.2. The van der Waals surface area contributed by atoms with Gasteiger partial charge >= 0.3 is 0 Å². The molecule has 3 rings (SSSR count). The van der Waals surface area contributed by atoms with E-state index < -0.39 is 5.60 Å². The second-order valence-corrected chi connectivity index (χ2v) is 5.32. The van der Waals surface area contributed by atoms with Gasteiger partial charge in [-0.1, -0.05) is 0 Å². The summed E-state index contributed by atoms with van der Waals surface area (Å²) < 4.78 is 10.3. The first kappa shape index (κ1) is 13.7. The summed E-state index contributed by atoms with van der Waals surface area (Å²) >= 11 is 1.44. The maximum atomic E-state index is 12.0. The lowest BCUT2D eigenvalue weighted by Crippen LogP contribution is -2.41. The first-order valence-electron chi connectivity index (χ1n) is 6.29. The van der Waals surface area contributed by atoms with Gasteiger partial charge in [0, 0.05) is 16.5 Å². The molecule has 0 fully saturated rings. The average molecular weight is 303 g/mol. The maximum absolute atomic E-state index is 12.0. The number of furan rings is 2. The Kier molecular flexibility index (Phi) is 3.64. The van der Waals surface area contributed by atoms with Gasteiger partial charge in [0.05, 0.1) is 25.3 Å². The molecule has 0 saturated heterocycles. The third kappa shape index (κ3) is 2.63. The standard InChI is InChI=1S/C15H13NO4S/c17-14(11-4-7-21-9-11)16-10-15(18,12-3-6-19-8-12)13-2-1-5-20-13/h1-9,18H,10H2,(H,16,17). The maximum Gasteiger partial charge on any atom is 0.252 e. The molecule has 0 aromatic carbocycles. The van der Waals surface area contributed by atoms with Crippen LogP contribution in [-0.4, -0.2) is 17.6 Å². The highest BCUT2D eigenvalue weighted by Gasteiger charge is 2.36. The van der Waals surface area contributed by atoms with Gasteiger partial charge in [0.2, 0.25) is 0 Å². The largest absolute Gasteiger partial charge is 0.472 e. The molecule has 3 aromatic heterocycles. The van der Waals surface area contributed by atoms with E-state index in [9.17, 15) is 9.90 Å². The quantitative estimate of drug-likeness (QED) is 0.759. The van der Waals surface area contributed by atoms with Crippen molar-refractivity contribution in [3.05, 3.63) is 70.7 Å². The summed E-state index contributed by atoms with van der Waals surface area (Å²) in [6.07, 6.45) is 4.37. The van der Waals surface area contributed by atoms with Gasteiger partial charge in [-0.25, -0.2) is 0 Å². The lowest BCUT2D eigenvalue weighted by molar-refractivity contribution is 0.0520. The highest BCUT2D eigenvalue weighted by molar-refractivity contribution is 7.08. The fourth-order valence-electron chi connectivity index (χ4n) is 2.05. The van der Waals surface area contributed by atoms with Crippen LogP contribution < -0.4 is 5.32 Å². The van der Waals surface area contributed by atoms with Gasteiger partial charge in [-0.05, 0) is 29.6 Å². The van der Waals surface area contributed by atoms with E-state index in [1.165, 1.54) is 30.1 Å². The molecule has 3 heterocycles. The zero-order valence-electron chi connectivity index (χ0n) is 11.0. The van der Waals surface area contributed by atoms with Crippen LogP contribution in [0.15, 0.2) is 62.6 Å². The normalized spacial score (nSPS) is 13.8. The molecule has 0 aliphatic rings. The van der Waals surface area contributed by atoms with E-state index in [2.05, 4.69) is 5.32 Å². The molecule has 108 valence electrons. The molecule has 1 amide bonds. The predicted octanol–water partition coefficient (Wildman–Crippen LogP) is 2.60. The number of carbonyl (C=O) groups excluding carboxylic acids is 1. The van der Waals surface area contributed by atoms with Gasteiger partial charge in [-0.2, -0.15) is 11.3 Å². The van der Waals surface area contributed by atoms with Gasteiger partial charge in [0.25, 0.3) is 5.91 Å². The van der Waals surface area contributed by atoms with E-state index in [1.54, 1.807) is 29.6 Å². The Morgan fingerprint density at radius 1 is 1.33 bits per heavy atom. The number of rotatable bonds is 5. The number of hydrogen-bond donors (Lipinski definition) is 2. The molecule has 0 aliphatic heterocycles. The number of hydrogen-bond acceptors (Lipinski definition) is 5. The minimum atomic E-state index is -1.47. The highest BCUT2D eigenvalue weighted by atomic mass is 32.1. The zero-order chi connectivity index (χ0) is 14.7. The molecule has 0 radical (unpaired) electrons. The second-order valence-electron chi connectivity index (χ2n) is 4.54. The van der Waals surface area contributed by atoms with Crippen molar-refractivity contribution in [2.75, 3.05) is 6.54 Å². The van der Waals surface area contributed by atoms with Crippen molar-refractivity contribution < 1.29 is 18.7 Å². The Labute approximate surface area is 124 Å². The van der Waals surface area contributed by atoms with Crippen LogP contribution >= 0.6 is 11.3 Å². The average Bonchev–Trinajstić information content (AvgIpc) is 3.27. The first-order chi connectivity index (χ1) is 10.2. The smallest absolute Gasteiger partial charge is 0.252 e. The minimum absolute atomic E-state index is 0.0191. The Bertz CT molecular complexity index is 652. The summed E-state index contributed by atoms with van der Waals surface area (Å²) in [6.45, 7) is -0.0191. The van der Waals surface area contributed by atoms with Crippen LogP contribution in [0.3, 0.4) is 0 Å². The zero-order valence-corrected chi connectivity index (χ0v) is 11.8. The van der Waals surface area contributed by atoms with Crippen molar-refractivity contribution in [3.63, 3.8) is 0 Å². The van der Waals surface area contributed by atoms with Gasteiger partial charge < -0.3 is 19.3 Å². The number of amides is 1. The fraction of sp³-hybridized carbons (Fsp3) is 0.133. The molecule has 1 atom stereocenters. The topological polar surface area (TPSA) is 75.6 Å². The monoisotopic (exact) mass is 303 g/mol. The minimum Gasteiger partial charge on any atom is -0.472 e. The molecule has 0 bridgehead atoms. The van der Waals surface area contributed by atoms with Crippen LogP contribution in [0.2, 0.25) is 0 Å². The number of aliphatic hydroxyl groups is 1. The van der Waals surface area contributed by atoms with Crippen molar-refractivity contribution in [3.8, 4) is 0 Å². The summed E-state index contributed by atoms with van der Waals surface area (Å²) in [4.78, 5) is 12.0. The molecule has 0 aliphatic carbocycles. The molecule has 21 heavy (non-hydrogen) atoms.